The number of benzene rings is 1. The third kappa shape index (κ3) is 3.23. The van der Waals surface area contributed by atoms with Gasteiger partial charge in [0.15, 0.2) is 0 Å². The Balaban J connectivity index is 3.60. The molecule has 0 saturated carbocycles. The van der Waals surface area contributed by atoms with Gasteiger partial charge in [-0.1, -0.05) is 53.7 Å². The van der Waals surface area contributed by atoms with Crippen LogP contribution in [0.1, 0.15) is 76.0 Å². The zero-order valence-corrected chi connectivity index (χ0v) is 13.5. The van der Waals surface area contributed by atoms with Crippen LogP contribution in [0.15, 0.2) is 17.0 Å². The van der Waals surface area contributed by atoms with Gasteiger partial charge in [-0.25, -0.2) is 0 Å². The summed E-state index contributed by atoms with van der Waals surface area (Å²) < 4.78 is 12.1. The van der Waals surface area contributed by atoms with E-state index in [1.54, 1.807) is 6.26 Å². The number of hydrogen-bond donors (Lipinski definition) is 0. The molecule has 1 rings (SSSR count). The molecule has 0 spiro atoms. The van der Waals surface area contributed by atoms with Crippen molar-refractivity contribution in [3.63, 3.8) is 0 Å². The van der Waals surface area contributed by atoms with Gasteiger partial charge in [-0.15, -0.1) is 0 Å². The maximum absolute atomic E-state index is 12.1. The van der Waals surface area contributed by atoms with E-state index in [1.165, 1.54) is 16.7 Å². The van der Waals surface area contributed by atoms with Crippen molar-refractivity contribution in [2.45, 2.75) is 64.2 Å². The third-order valence-electron chi connectivity index (χ3n) is 3.37. The molecule has 18 heavy (non-hydrogen) atoms. The fourth-order valence-electron chi connectivity index (χ4n) is 2.22. The molecular formula is C16H26OS. The van der Waals surface area contributed by atoms with E-state index in [9.17, 15) is 4.21 Å². The van der Waals surface area contributed by atoms with E-state index in [1.807, 2.05) is 0 Å². The van der Waals surface area contributed by atoms with Crippen LogP contribution in [-0.4, -0.2) is 10.5 Å². The van der Waals surface area contributed by atoms with Gasteiger partial charge in [-0.3, -0.25) is 4.21 Å². The molecule has 0 N–H and O–H groups in total. The first-order valence-electron chi connectivity index (χ1n) is 6.76. The van der Waals surface area contributed by atoms with Gasteiger partial charge >= 0.3 is 0 Å². The predicted octanol–water partition coefficient (Wildman–Crippen LogP) is 4.79. The Morgan fingerprint density at radius 2 is 1.22 bits per heavy atom. The topological polar surface area (TPSA) is 17.1 Å². The lowest BCUT2D eigenvalue weighted by Crippen LogP contribution is -2.07. The van der Waals surface area contributed by atoms with Crippen LogP contribution in [0.3, 0.4) is 0 Å². The van der Waals surface area contributed by atoms with Crippen LogP contribution in [0.25, 0.3) is 0 Å². The minimum atomic E-state index is -0.915. The fraction of sp³-hybridized carbons (Fsp3) is 0.625. The Bertz CT molecular complexity index is 415. The summed E-state index contributed by atoms with van der Waals surface area (Å²) in [6, 6.07) is 4.50. The molecule has 1 unspecified atom stereocenters. The fourth-order valence-corrected chi connectivity index (χ4v) is 3.47. The van der Waals surface area contributed by atoms with Gasteiger partial charge in [0.05, 0.1) is 10.8 Å². The molecule has 2 heteroatoms. The molecule has 102 valence electrons. The highest BCUT2D eigenvalue weighted by Gasteiger charge is 2.19. The molecule has 1 aromatic carbocycles. The van der Waals surface area contributed by atoms with Crippen molar-refractivity contribution in [3.05, 3.63) is 28.8 Å². The summed E-state index contributed by atoms with van der Waals surface area (Å²) in [6.07, 6.45) is 1.79. The quantitative estimate of drug-likeness (QED) is 0.765. The summed E-state index contributed by atoms with van der Waals surface area (Å²) in [7, 11) is -0.915. The van der Waals surface area contributed by atoms with Crippen LogP contribution in [-0.2, 0) is 10.8 Å². The van der Waals surface area contributed by atoms with Crippen molar-refractivity contribution in [3.8, 4) is 0 Å². The van der Waals surface area contributed by atoms with E-state index in [0.29, 0.717) is 17.8 Å². The Kier molecular flexibility index (Phi) is 5.15. The normalized spacial score (nSPS) is 13.7. The lowest BCUT2D eigenvalue weighted by atomic mass is 9.89. The lowest BCUT2D eigenvalue weighted by molar-refractivity contribution is 0.680. The van der Waals surface area contributed by atoms with Crippen molar-refractivity contribution >= 4 is 10.8 Å². The second kappa shape index (κ2) is 6.01. The first-order chi connectivity index (χ1) is 8.25. The monoisotopic (exact) mass is 266 g/mol. The standard InChI is InChI=1S/C16H26OS/c1-10(2)13-8-14(11(3)4)16(18(7)17)15(9-13)12(5)6/h8-12H,1-7H3. The summed E-state index contributed by atoms with van der Waals surface area (Å²) in [5.74, 6) is 1.35. The average Bonchev–Trinajstić information content (AvgIpc) is 2.26. The Morgan fingerprint density at radius 3 is 1.44 bits per heavy atom. The maximum Gasteiger partial charge on any atom is 0.0503 e. The molecule has 1 aromatic rings. The number of rotatable bonds is 4. The predicted molar refractivity (Wildman–Crippen MR) is 81.0 cm³/mol. The molecular weight excluding hydrogens is 240 g/mol. The highest BCUT2D eigenvalue weighted by atomic mass is 32.2. The largest absolute Gasteiger partial charge is 0.255 e. The number of hydrogen-bond acceptors (Lipinski definition) is 1. The van der Waals surface area contributed by atoms with Crippen molar-refractivity contribution in [1.82, 2.24) is 0 Å². The highest BCUT2D eigenvalue weighted by molar-refractivity contribution is 7.84. The van der Waals surface area contributed by atoms with Crippen LogP contribution < -0.4 is 0 Å². The summed E-state index contributed by atoms with van der Waals surface area (Å²) in [5, 5.41) is 0. The SMILES string of the molecule is CC(C)c1cc(C(C)C)c(S(C)=O)c(C(C)C)c1. The van der Waals surface area contributed by atoms with Gasteiger partial charge in [0.2, 0.25) is 0 Å². The van der Waals surface area contributed by atoms with Crippen LogP contribution in [0, 0.1) is 0 Å². The van der Waals surface area contributed by atoms with Crippen LogP contribution in [0.2, 0.25) is 0 Å². The second-order valence-electron chi connectivity index (χ2n) is 5.95. The molecule has 0 aromatic heterocycles. The van der Waals surface area contributed by atoms with E-state index in [2.05, 4.69) is 53.7 Å². The zero-order valence-electron chi connectivity index (χ0n) is 12.7. The van der Waals surface area contributed by atoms with Gasteiger partial charge in [0, 0.05) is 11.2 Å². The maximum atomic E-state index is 12.1. The van der Waals surface area contributed by atoms with Gasteiger partial charge in [-0.05, 0) is 34.4 Å². The van der Waals surface area contributed by atoms with Gasteiger partial charge in [-0.2, -0.15) is 0 Å². The molecule has 0 aliphatic rings. The summed E-state index contributed by atoms with van der Waals surface area (Å²) in [6.45, 7) is 13.2. The van der Waals surface area contributed by atoms with Crippen molar-refractivity contribution in [1.29, 1.82) is 0 Å². The van der Waals surface area contributed by atoms with E-state index >= 15 is 0 Å². The molecule has 1 nitrogen and oxygen atoms in total. The van der Waals surface area contributed by atoms with E-state index in [-0.39, 0.29) is 0 Å². The summed E-state index contributed by atoms with van der Waals surface area (Å²) in [4.78, 5) is 1.06. The minimum absolute atomic E-state index is 0.417. The average molecular weight is 266 g/mol. The molecule has 0 radical (unpaired) electrons. The molecule has 1 atom stereocenters. The summed E-state index contributed by atoms with van der Waals surface area (Å²) in [5.41, 5.74) is 3.87. The van der Waals surface area contributed by atoms with Crippen molar-refractivity contribution in [2.24, 2.45) is 0 Å². The smallest absolute Gasteiger partial charge is 0.0503 e. The molecule has 0 aliphatic heterocycles. The first-order valence-corrected chi connectivity index (χ1v) is 8.32. The Hall–Kier alpha value is -0.630. The first kappa shape index (κ1) is 15.4. The van der Waals surface area contributed by atoms with Crippen LogP contribution >= 0.6 is 0 Å². The lowest BCUT2D eigenvalue weighted by Gasteiger charge is -2.21. The third-order valence-corrected chi connectivity index (χ3v) is 4.41. The van der Waals surface area contributed by atoms with E-state index in [0.717, 1.165) is 4.90 Å². The minimum Gasteiger partial charge on any atom is -0.255 e. The van der Waals surface area contributed by atoms with Crippen LogP contribution in [0.4, 0.5) is 0 Å². The Labute approximate surface area is 114 Å². The highest BCUT2D eigenvalue weighted by Crippen LogP contribution is 2.33. The van der Waals surface area contributed by atoms with Crippen LogP contribution in [0.5, 0.6) is 0 Å². The molecule has 0 bridgehead atoms. The zero-order chi connectivity index (χ0) is 14.0. The molecule has 0 amide bonds. The van der Waals surface area contributed by atoms with E-state index in [4.69, 9.17) is 0 Å². The van der Waals surface area contributed by atoms with Crippen molar-refractivity contribution in [2.75, 3.05) is 6.26 Å². The van der Waals surface area contributed by atoms with Gasteiger partial charge in [0.1, 0.15) is 0 Å². The molecule has 0 fully saturated rings. The second-order valence-corrected chi connectivity index (χ2v) is 7.26. The Morgan fingerprint density at radius 1 is 0.833 bits per heavy atom. The van der Waals surface area contributed by atoms with Gasteiger partial charge in [0.25, 0.3) is 0 Å². The molecule has 0 aliphatic carbocycles. The molecule has 0 heterocycles. The van der Waals surface area contributed by atoms with Crippen molar-refractivity contribution < 1.29 is 4.21 Å². The molecule has 0 saturated heterocycles. The summed E-state index contributed by atoms with van der Waals surface area (Å²) >= 11 is 0. The van der Waals surface area contributed by atoms with Gasteiger partial charge < -0.3 is 0 Å². The van der Waals surface area contributed by atoms with E-state index < -0.39 is 10.8 Å².